The molecule has 0 aliphatic heterocycles. The summed E-state index contributed by atoms with van der Waals surface area (Å²) in [5, 5.41) is 10.7. The zero-order chi connectivity index (χ0) is 30.6. The molecule has 4 heteroatoms. The fraction of sp³-hybridized carbons (Fsp3) is 0.579. The molecule has 0 N–H and O–H groups in total. The zero-order valence-electron chi connectivity index (χ0n) is 27.4. The maximum atomic E-state index is 12.4. The van der Waals surface area contributed by atoms with Crippen LogP contribution in [-0.4, -0.2) is 31.0 Å². The van der Waals surface area contributed by atoms with Crippen molar-refractivity contribution >= 4 is 34.0 Å². The van der Waals surface area contributed by atoms with Crippen LogP contribution in [0.25, 0.3) is 6.08 Å². The van der Waals surface area contributed by atoms with Gasteiger partial charge in [0, 0.05) is 0 Å². The third-order valence-corrected chi connectivity index (χ3v) is 24.4. The van der Waals surface area contributed by atoms with E-state index in [0.717, 1.165) is 19.3 Å². The molecule has 1 atom stereocenters. The number of carbonyl (C=O) groups excluding carboxylic acids is 1. The Morgan fingerprint density at radius 1 is 0.857 bits per heavy atom. The number of esters is 1. The number of hydrogen-bond donors (Lipinski definition) is 0. The maximum absolute atomic E-state index is 12.4. The monoisotopic (exact) mass is 679 g/mol. The number of carbonyl (C=O) groups is 1. The van der Waals surface area contributed by atoms with Gasteiger partial charge in [-0.2, -0.15) is 0 Å². The van der Waals surface area contributed by atoms with E-state index in [9.17, 15) is 10.1 Å². The molecule has 0 amide bonds. The summed E-state index contributed by atoms with van der Waals surface area (Å²) in [4.78, 5) is 12.4. The van der Waals surface area contributed by atoms with Gasteiger partial charge in [0.1, 0.15) is 0 Å². The Kier molecular flexibility index (Phi) is 17.9. The molecule has 0 aliphatic carbocycles. The molecule has 2 aromatic carbocycles. The van der Waals surface area contributed by atoms with Crippen molar-refractivity contribution in [3.8, 4) is 6.07 Å². The van der Waals surface area contributed by atoms with E-state index < -0.39 is 18.4 Å². The Morgan fingerprint density at radius 2 is 1.48 bits per heavy atom. The van der Waals surface area contributed by atoms with Crippen LogP contribution in [0, 0.1) is 11.3 Å². The summed E-state index contributed by atoms with van der Waals surface area (Å²) in [6, 6.07) is 18.2. The van der Waals surface area contributed by atoms with Crippen LogP contribution in [0.2, 0.25) is 13.3 Å². The molecule has 0 heterocycles. The average Bonchev–Trinajstić information content (AvgIpc) is 3.01. The molecule has 0 aromatic heterocycles. The summed E-state index contributed by atoms with van der Waals surface area (Å²) in [6.07, 6.45) is 17.5. The summed E-state index contributed by atoms with van der Waals surface area (Å²) in [5.74, 6) is -0.447. The summed E-state index contributed by atoms with van der Waals surface area (Å²) in [7, 11) is 0. The van der Waals surface area contributed by atoms with Gasteiger partial charge in [0.15, 0.2) is 0 Å². The minimum atomic E-state index is -2.96. The van der Waals surface area contributed by atoms with Crippen LogP contribution in [-0.2, 0) is 22.4 Å². The van der Waals surface area contributed by atoms with Crippen LogP contribution in [0.15, 0.2) is 48.5 Å². The number of unbranched alkanes of at least 4 members (excludes halogenated alkanes) is 6. The first-order valence-electron chi connectivity index (χ1n) is 16.9. The molecule has 0 bridgehead atoms. The SMILES string of the molecule is CCCCCCc1cc(C(C#N)Cc2ccccc2)[c]([Sn]([CH2]CCC)([CH2]CCC)[CH2]CCC)cc1/C=C\C(=O)OCC. The van der Waals surface area contributed by atoms with Crippen molar-refractivity contribution in [2.75, 3.05) is 6.61 Å². The normalized spacial score (nSPS) is 12.4. The Morgan fingerprint density at radius 3 is 2.02 bits per heavy atom. The van der Waals surface area contributed by atoms with Gasteiger partial charge in [-0.25, -0.2) is 0 Å². The Balaban J connectivity index is 2.83. The van der Waals surface area contributed by atoms with E-state index in [0.29, 0.717) is 6.61 Å². The van der Waals surface area contributed by atoms with Crippen molar-refractivity contribution in [1.29, 1.82) is 5.26 Å². The van der Waals surface area contributed by atoms with Crippen LogP contribution in [0.3, 0.4) is 0 Å². The Hall–Kier alpha value is -2.06. The molecule has 0 saturated carbocycles. The van der Waals surface area contributed by atoms with E-state index in [2.05, 4.69) is 76.2 Å². The van der Waals surface area contributed by atoms with Gasteiger partial charge in [-0.05, 0) is 0 Å². The number of nitriles is 1. The second-order valence-corrected chi connectivity index (χ2v) is 25.1. The van der Waals surface area contributed by atoms with E-state index in [1.807, 2.05) is 13.0 Å². The average molecular weight is 679 g/mol. The molecule has 2 aromatic rings. The second kappa shape index (κ2) is 20.8. The first kappa shape index (κ1) is 36.1. The summed E-state index contributed by atoms with van der Waals surface area (Å²) < 4.78 is 10.9. The summed E-state index contributed by atoms with van der Waals surface area (Å²) >= 11 is -2.96. The van der Waals surface area contributed by atoms with Gasteiger partial charge < -0.3 is 0 Å². The second-order valence-electron chi connectivity index (χ2n) is 12.0. The quantitative estimate of drug-likeness (QED) is 0.0572. The van der Waals surface area contributed by atoms with E-state index in [4.69, 9.17) is 4.74 Å². The molecule has 0 fully saturated rings. The molecular formula is C38H57NO2Sn. The van der Waals surface area contributed by atoms with Crippen LogP contribution >= 0.6 is 0 Å². The van der Waals surface area contributed by atoms with E-state index in [-0.39, 0.29) is 11.9 Å². The van der Waals surface area contributed by atoms with Gasteiger partial charge in [-0.3, -0.25) is 0 Å². The van der Waals surface area contributed by atoms with Crippen molar-refractivity contribution in [2.24, 2.45) is 0 Å². The molecule has 1 unspecified atom stereocenters. The minimum absolute atomic E-state index is 0.166. The number of rotatable bonds is 21. The van der Waals surface area contributed by atoms with Gasteiger partial charge in [-0.1, -0.05) is 0 Å². The van der Waals surface area contributed by atoms with Crippen LogP contribution in [0.4, 0.5) is 0 Å². The molecule has 3 nitrogen and oxygen atoms in total. The zero-order valence-corrected chi connectivity index (χ0v) is 30.2. The number of aryl methyl sites for hydroxylation is 1. The van der Waals surface area contributed by atoms with Gasteiger partial charge in [0.05, 0.1) is 0 Å². The fourth-order valence-electron chi connectivity index (χ4n) is 6.29. The molecule has 230 valence electrons. The molecule has 0 saturated heterocycles. The van der Waals surface area contributed by atoms with Crippen LogP contribution in [0.1, 0.15) is 127 Å². The van der Waals surface area contributed by atoms with Crippen molar-refractivity contribution in [2.45, 2.75) is 131 Å². The molecule has 0 radical (unpaired) electrons. The predicted octanol–water partition coefficient (Wildman–Crippen LogP) is 10.3. The molecule has 0 spiro atoms. The summed E-state index contributed by atoms with van der Waals surface area (Å²) in [6.45, 7) is 11.4. The van der Waals surface area contributed by atoms with Crippen molar-refractivity contribution in [1.82, 2.24) is 0 Å². The first-order valence-corrected chi connectivity index (χ1v) is 24.4. The van der Waals surface area contributed by atoms with Crippen LogP contribution < -0.4 is 3.58 Å². The van der Waals surface area contributed by atoms with Crippen molar-refractivity contribution < 1.29 is 9.53 Å². The number of hydrogen-bond acceptors (Lipinski definition) is 3. The van der Waals surface area contributed by atoms with E-state index in [1.54, 1.807) is 9.66 Å². The van der Waals surface area contributed by atoms with Gasteiger partial charge in [0.25, 0.3) is 0 Å². The molecule has 2 rings (SSSR count). The molecular weight excluding hydrogens is 621 g/mol. The van der Waals surface area contributed by atoms with Crippen LogP contribution in [0.5, 0.6) is 0 Å². The Bertz CT molecular complexity index is 1100. The topological polar surface area (TPSA) is 50.1 Å². The third-order valence-electron chi connectivity index (χ3n) is 8.71. The summed E-state index contributed by atoms with van der Waals surface area (Å²) in [5.41, 5.74) is 4.97. The van der Waals surface area contributed by atoms with E-state index >= 15 is 0 Å². The van der Waals surface area contributed by atoms with E-state index in [1.165, 1.54) is 93.4 Å². The molecule has 0 aliphatic rings. The fourth-order valence-corrected chi connectivity index (χ4v) is 23.3. The first-order chi connectivity index (χ1) is 20.5. The number of benzene rings is 2. The van der Waals surface area contributed by atoms with Crippen molar-refractivity contribution in [3.63, 3.8) is 0 Å². The number of ether oxygens (including phenoxy) is 1. The number of nitrogens with zero attached hydrogens (tertiary/aromatic N) is 1. The third kappa shape index (κ3) is 11.6. The van der Waals surface area contributed by atoms with Gasteiger partial charge in [-0.15, -0.1) is 0 Å². The van der Waals surface area contributed by atoms with Gasteiger partial charge in [0.2, 0.25) is 0 Å². The molecule has 42 heavy (non-hydrogen) atoms. The predicted molar refractivity (Wildman–Crippen MR) is 183 cm³/mol. The Labute approximate surface area is 262 Å². The van der Waals surface area contributed by atoms with Crippen molar-refractivity contribution in [3.05, 3.63) is 70.8 Å². The van der Waals surface area contributed by atoms with Gasteiger partial charge >= 0.3 is 263 Å². The standard InChI is InChI=1S/C26H30NO2.3C4H9.Sn/c1-3-5-6-10-13-23-19-24(15-14-22(23)16-17-26(28)29-4-2)25(20-27)18-21-11-8-7-9-12-21;3*1-3-4-2;/h7-9,11-12,14,16-17,19,25H,3-6,10,13,18H2,1-2H3;3*1,3-4H2,2H3;/b17-16-;;;;.